The Bertz CT molecular complexity index is 417. The van der Waals surface area contributed by atoms with Gasteiger partial charge in [-0.1, -0.05) is 43.7 Å². The first-order valence-electron chi connectivity index (χ1n) is 8.85. The van der Waals surface area contributed by atoms with Crippen molar-refractivity contribution in [2.75, 3.05) is 32.7 Å². The minimum absolute atomic E-state index is 0. The topological polar surface area (TPSA) is 15.3 Å². The van der Waals surface area contributed by atoms with Crippen molar-refractivity contribution in [3.05, 3.63) is 35.9 Å². The van der Waals surface area contributed by atoms with E-state index in [4.69, 9.17) is 0 Å². The highest BCUT2D eigenvalue weighted by Gasteiger charge is 2.30. The first-order chi connectivity index (χ1) is 10.4. The average Bonchev–Trinajstić information content (AvgIpc) is 2.56. The smallest absolute Gasteiger partial charge is 0.00155 e. The second kappa shape index (κ2) is 8.90. The minimum Gasteiger partial charge on any atom is -0.317 e. The second-order valence-corrected chi connectivity index (χ2v) is 6.93. The Hall–Kier alpha value is -0.570. The Morgan fingerprint density at radius 2 is 1.82 bits per heavy atom. The molecule has 2 aliphatic heterocycles. The van der Waals surface area contributed by atoms with Crippen molar-refractivity contribution >= 4 is 12.4 Å². The van der Waals surface area contributed by atoms with E-state index in [-0.39, 0.29) is 12.4 Å². The number of halogens is 1. The molecule has 2 fully saturated rings. The number of hydrogen-bond acceptors (Lipinski definition) is 2. The predicted molar refractivity (Wildman–Crippen MR) is 96.9 cm³/mol. The van der Waals surface area contributed by atoms with Crippen molar-refractivity contribution in [3.63, 3.8) is 0 Å². The fourth-order valence-corrected chi connectivity index (χ4v) is 4.26. The Kier molecular flexibility index (Phi) is 7.20. The molecule has 0 aliphatic carbocycles. The van der Waals surface area contributed by atoms with Crippen LogP contribution in [-0.4, -0.2) is 37.6 Å². The summed E-state index contributed by atoms with van der Waals surface area (Å²) in [7, 11) is 0. The van der Waals surface area contributed by atoms with Gasteiger partial charge in [0.15, 0.2) is 0 Å². The highest BCUT2D eigenvalue weighted by Crippen LogP contribution is 2.35. The van der Waals surface area contributed by atoms with Crippen molar-refractivity contribution in [1.82, 2.24) is 10.2 Å². The molecule has 2 saturated heterocycles. The number of piperidine rings is 2. The van der Waals surface area contributed by atoms with Gasteiger partial charge in [-0.15, -0.1) is 12.4 Å². The van der Waals surface area contributed by atoms with E-state index in [1.54, 1.807) is 5.56 Å². The molecule has 0 amide bonds. The maximum atomic E-state index is 3.48. The molecule has 3 rings (SSSR count). The van der Waals surface area contributed by atoms with Crippen LogP contribution in [0.3, 0.4) is 0 Å². The molecule has 22 heavy (non-hydrogen) atoms. The van der Waals surface area contributed by atoms with Gasteiger partial charge in [0.2, 0.25) is 0 Å². The summed E-state index contributed by atoms with van der Waals surface area (Å²) in [5, 5.41) is 3.48. The summed E-state index contributed by atoms with van der Waals surface area (Å²) in [5.41, 5.74) is 1.56. The molecule has 2 heterocycles. The van der Waals surface area contributed by atoms with E-state index in [0.29, 0.717) is 0 Å². The maximum absolute atomic E-state index is 3.48. The first-order valence-corrected chi connectivity index (χ1v) is 8.85. The van der Waals surface area contributed by atoms with E-state index in [1.807, 2.05) is 0 Å². The van der Waals surface area contributed by atoms with Gasteiger partial charge in [-0.05, 0) is 62.2 Å². The van der Waals surface area contributed by atoms with Crippen LogP contribution in [0.5, 0.6) is 0 Å². The molecule has 2 unspecified atom stereocenters. The lowest BCUT2D eigenvalue weighted by atomic mass is 9.79. The number of nitrogens with zero attached hydrogens (tertiary/aromatic N) is 1. The molecule has 1 N–H and O–H groups in total. The Labute approximate surface area is 142 Å². The van der Waals surface area contributed by atoms with E-state index >= 15 is 0 Å². The molecule has 0 saturated carbocycles. The molecule has 3 heteroatoms. The van der Waals surface area contributed by atoms with Crippen LogP contribution in [0.25, 0.3) is 0 Å². The fourth-order valence-electron chi connectivity index (χ4n) is 4.26. The van der Waals surface area contributed by atoms with Crippen molar-refractivity contribution in [1.29, 1.82) is 0 Å². The second-order valence-electron chi connectivity index (χ2n) is 6.93. The van der Waals surface area contributed by atoms with Gasteiger partial charge in [0.25, 0.3) is 0 Å². The van der Waals surface area contributed by atoms with Crippen molar-refractivity contribution < 1.29 is 0 Å². The summed E-state index contributed by atoms with van der Waals surface area (Å²) in [6.45, 7) is 8.75. The lowest BCUT2D eigenvalue weighted by molar-refractivity contribution is 0.122. The monoisotopic (exact) mass is 322 g/mol. The third-order valence-corrected chi connectivity index (χ3v) is 5.55. The molecule has 1 aromatic carbocycles. The Morgan fingerprint density at radius 3 is 2.50 bits per heavy atom. The first kappa shape index (κ1) is 17.8. The molecule has 2 nitrogen and oxygen atoms in total. The van der Waals surface area contributed by atoms with Gasteiger partial charge in [-0.2, -0.15) is 0 Å². The van der Waals surface area contributed by atoms with E-state index in [2.05, 4.69) is 47.5 Å². The zero-order valence-electron chi connectivity index (χ0n) is 13.8. The van der Waals surface area contributed by atoms with Crippen molar-refractivity contribution in [3.8, 4) is 0 Å². The lowest BCUT2D eigenvalue weighted by Gasteiger charge is -2.40. The van der Waals surface area contributed by atoms with Crippen LogP contribution in [0.1, 0.15) is 44.1 Å². The molecule has 2 atom stereocenters. The third-order valence-electron chi connectivity index (χ3n) is 5.55. The fraction of sp³-hybridized carbons (Fsp3) is 0.684. The van der Waals surface area contributed by atoms with Gasteiger partial charge in [0, 0.05) is 13.1 Å². The van der Waals surface area contributed by atoms with Gasteiger partial charge in [0.05, 0.1) is 0 Å². The number of likely N-dealkylation sites (tertiary alicyclic amines) is 1. The van der Waals surface area contributed by atoms with Gasteiger partial charge in [0.1, 0.15) is 0 Å². The third kappa shape index (κ3) is 4.47. The van der Waals surface area contributed by atoms with Gasteiger partial charge in [-0.3, -0.25) is 0 Å². The van der Waals surface area contributed by atoms with Gasteiger partial charge in [-0.25, -0.2) is 0 Å². The van der Waals surface area contributed by atoms with Crippen molar-refractivity contribution in [2.45, 2.75) is 38.5 Å². The van der Waals surface area contributed by atoms with E-state index in [0.717, 1.165) is 17.8 Å². The largest absolute Gasteiger partial charge is 0.317 e. The van der Waals surface area contributed by atoms with E-state index < -0.39 is 0 Å². The van der Waals surface area contributed by atoms with Crippen LogP contribution in [0.15, 0.2) is 30.3 Å². The minimum atomic E-state index is 0. The van der Waals surface area contributed by atoms with Gasteiger partial charge < -0.3 is 10.2 Å². The highest BCUT2D eigenvalue weighted by atomic mass is 35.5. The summed E-state index contributed by atoms with van der Waals surface area (Å²) in [6.07, 6.45) is 5.39. The lowest BCUT2D eigenvalue weighted by Crippen LogP contribution is -2.43. The van der Waals surface area contributed by atoms with E-state index in [9.17, 15) is 0 Å². The summed E-state index contributed by atoms with van der Waals surface area (Å²) >= 11 is 0. The molecule has 0 radical (unpaired) electrons. The van der Waals surface area contributed by atoms with Crippen molar-refractivity contribution in [2.24, 2.45) is 11.8 Å². The molecule has 0 bridgehead atoms. The summed E-state index contributed by atoms with van der Waals surface area (Å²) in [5.74, 6) is 2.54. The number of benzene rings is 1. The zero-order chi connectivity index (χ0) is 14.5. The summed E-state index contributed by atoms with van der Waals surface area (Å²) in [4.78, 5) is 2.75. The predicted octanol–water partition coefficient (Wildman–Crippen LogP) is 3.92. The molecule has 0 aromatic heterocycles. The summed E-state index contributed by atoms with van der Waals surface area (Å²) in [6, 6.07) is 11.2. The normalized spacial score (nSPS) is 27.3. The SMILES string of the molecule is CCC1CN(CC2CCNCC2)CCC1c1ccccc1.Cl. The number of hydrogen-bond donors (Lipinski definition) is 1. The maximum Gasteiger partial charge on any atom is 0.00155 e. The average molecular weight is 323 g/mol. The highest BCUT2D eigenvalue weighted by molar-refractivity contribution is 5.85. The van der Waals surface area contributed by atoms with Crippen LogP contribution in [0, 0.1) is 11.8 Å². The van der Waals surface area contributed by atoms with Crippen LogP contribution in [0.2, 0.25) is 0 Å². The Morgan fingerprint density at radius 1 is 1.09 bits per heavy atom. The molecule has 0 spiro atoms. The van der Waals surface area contributed by atoms with Crippen LogP contribution in [0.4, 0.5) is 0 Å². The molecule has 124 valence electrons. The van der Waals surface area contributed by atoms with Crippen LogP contribution in [-0.2, 0) is 0 Å². The number of rotatable bonds is 4. The number of nitrogens with one attached hydrogen (secondary N) is 1. The molecule has 2 aliphatic rings. The standard InChI is InChI=1S/C19H30N2.ClH/c1-2-17-15-21(14-16-8-11-20-12-9-16)13-10-19(17)18-6-4-3-5-7-18;/h3-7,16-17,19-20H,2,8-15H2,1H3;1H. The quantitative estimate of drug-likeness (QED) is 0.903. The van der Waals surface area contributed by atoms with Gasteiger partial charge >= 0.3 is 0 Å². The summed E-state index contributed by atoms with van der Waals surface area (Å²) < 4.78 is 0. The van der Waals surface area contributed by atoms with E-state index in [1.165, 1.54) is 58.4 Å². The zero-order valence-corrected chi connectivity index (χ0v) is 14.7. The van der Waals surface area contributed by atoms with Crippen LogP contribution >= 0.6 is 12.4 Å². The van der Waals surface area contributed by atoms with Crippen LogP contribution < -0.4 is 5.32 Å². The molecular weight excluding hydrogens is 292 g/mol. The Balaban J connectivity index is 0.00000176. The molecule has 1 aromatic rings. The molecular formula is C19H31ClN2.